The van der Waals surface area contributed by atoms with E-state index in [0.717, 1.165) is 0 Å². The summed E-state index contributed by atoms with van der Waals surface area (Å²) >= 11 is 0. The number of H-pyrrole nitrogens is 1. The van der Waals surface area contributed by atoms with Crippen LogP contribution in [0.5, 0.6) is 0 Å². The van der Waals surface area contributed by atoms with Gasteiger partial charge < -0.3 is 20.2 Å². The van der Waals surface area contributed by atoms with Crippen LogP contribution in [0.25, 0.3) is 0 Å². The maximum atomic E-state index is 12.4. The molecule has 0 aliphatic carbocycles. The summed E-state index contributed by atoms with van der Waals surface area (Å²) in [5.74, 6) is -2.13. The van der Waals surface area contributed by atoms with Gasteiger partial charge in [-0.2, -0.15) is 0 Å². The van der Waals surface area contributed by atoms with Crippen molar-refractivity contribution in [1.82, 2.24) is 4.98 Å². The summed E-state index contributed by atoms with van der Waals surface area (Å²) in [4.78, 5) is 38.6. The van der Waals surface area contributed by atoms with Crippen LogP contribution >= 0.6 is 0 Å². The predicted octanol–water partition coefficient (Wildman–Crippen LogP) is 1.80. The van der Waals surface area contributed by atoms with Gasteiger partial charge >= 0.3 is 11.9 Å². The van der Waals surface area contributed by atoms with Crippen LogP contribution < -0.4 is 5.73 Å². The highest BCUT2D eigenvalue weighted by Crippen LogP contribution is 2.23. The van der Waals surface area contributed by atoms with Crippen molar-refractivity contribution in [3.63, 3.8) is 0 Å². The number of hydrogen-bond acceptors (Lipinski definition) is 5. The van der Waals surface area contributed by atoms with E-state index in [1.54, 1.807) is 44.2 Å². The van der Waals surface area contributed by atoms with E-state index >= 15 is 0 Å². The van der Waals surface area contributed by atoms with Crippen LogP contribution in [-0.4, -0.2) is 29.9 Å². The van der Waals surface area contributed by atoms with Gasteiger partial charge in [-0.15, -0.1) is 0 Å². The summed E-state index contributed by atoms with van der Waals surface area (Å²) in [6.45, 7) is 3.23. The largest absolute Gasteiger partial charge is 0.465 e. The van der Waals surface area contributed by atoms with E-state index in [0.29, 0.717) is 16.8 Å². The van der Waals surface area contributed by atoms with Crippen molar-refractivity contribution in [1.29, 1.82) is 0 Å². The first-order valence-corrected chi connectivity index (χ1v) is 7.19. The lowest BCUT2D eigenvalue weighted by molar-refractivity contribution is -0.127. The SMILES string of the molecule is COC(=O)c1c(C)[nH]c(C(=O)OC(C(N)=O)c2ccccc2)c1C. The monoisotopic (exact) mass is 330 g/mol. The van der Waals surface area contributed by atoms with E-state index in [2.05, 4.69) is 4.98 Å². The van der Waals surface area contributed by atoms with Crippen molar-refractivity contribution in [3.8, 4) is 0 Å². The fourth-order valence-electron chi connectivity index (χ4n) is 2.45. The molecule has 24 heavy (non-hydrogen) atoms. The molecule has 1 aromatic carbocycles. The molecule has 0 fully saturated rings. The van der Waals surface area contributed by atoms with Gasteiger partial charge in [-0.05, 0) is 19.4 Å². The molecule has 7 nitrogen and oxygen atoms in total. The number of primary amides is 1. The summed E-state index contributed by atoms with van der Waals surface area (Å²) in [5, 5.41) is 0. The minimum absolute atomic E-state index is 0.0788. The zero-order valence-electron chi connectivity index (χ0n) is 13.6. The molecule has 1 aromatic heterocycles. The quantitative estimate of drug-likeness (QED) is 0.812. The molecule has 7 heteroatoms. The Morgan fingerprint density at radius 2 is 1.71 bits per heavy atom. The maximum absolute atomic E-state index is 12.4. The molecular formula is C17H18N2O5. The van der Waals surface area contributed by atoms with Gasteiger partial charge in [0.15, 0.2) is 0 Å². The van der Waals surface area contributed by atoms with Gasteiger partial charge in [0.2, 0.25) is 6.10 Å². The van der Waals surface area contributed by atoms with E-state index in [-0.39, 0.29) is 11.3 Å². The van der Waals surface area contributed by atoms with Crippen LogP contribution in [0.4, 0.5) is 0 Å². The van der Waals surface area contributed by atoms with Crippen LogP contribution in [0.3, 0.4) is 0 Å². The molecule has 0 saturated heterocycles. The van der Waals surface area contributed by atoms with Crippen molar-refractivity contribution >= 4 is 17.8 Å². The fraction of sp³-hybridized carbons (Fsp3) is 0.235. The molecule has 2 rings (SSSR count). The number of carbonyl (C=O) groups excluding carboxylic acids is 3. The minimum atomic E-state index is -1.22. The van der Waals surface area contributed by atoms with Crippen LogP contribution in [0.15, 0.2) is 30.3 Å². The van der Waals surface area contributed by atoms with Gasteiger partial charge in [0.25, 0.3) is 5.91 Å². The topological polar surface area (TPSA) is 111 Å². The van der Waals surface area contributed by atoms with Crippen LogP contribution in [-0.2, 0) is 14.3 Å². The zero-order chi connectivity index (χ0) is 17.9. The molecule has 0 bridgehead atoms. The molecule has 126 valence electrons. The van der Waals surface area contributed by atoms with E-state index < -0.39 is 23.9 Å². The van der Waals surface area contributed by atoms with Crippen molar-refractivity contribution in [2.45, 2.75) is 20.0 Å². The summed E-state index contributed by atoms with van der Waals surface area (Å²) in [6, 6.07) is 8.45. The number of hydrogen-bond donors (Lipinski definition) is 2. The maximum Gasteiger partial charge on any atom is 0.356 e. The molecule has 1 amide bonds. The summed E-state index contributed by atoms with van der Waals surface area (Å²) in [6.07, 6.45) is -1.22. The first-order valence-electron chi connectivity index (χ1n) is 7.19. The van der Waals surface area contributed by atoms with E-state index in [1.165, 1.54) is 7.11 Å². The molecule has 1 unspecified atom stereocenters. The van der Waals surface area contributed by atoms with Crippen LogP contribution in [0.2, 0.25) is 0 Å². The number of benzene rings is 1. The van der Waals surface area contributed by atoms with Gasteiger partial charge in [-0.1, -0.05) is 30.3 Å². The van der Waals surface area contributed by atoms with Crippen LogP contribution in [0.1, 0.15) is 43.8 Å². The summed E-state index contributed by atoms with van der Waals surface area (Å²) in [7, 11) is 1.25. The molecule has 0 spiro atoms. The first kappa shape index (κ1) is 17.3. The molecule has 0 saturated carbocycles. The Kier molecular flexibility index (Phi) is 5.03. The third kappa shape index (κ3) is 3.29. The summed E-state index contributed by atoms with van der Waals surface area (Å²) < 4.78 is 9.94. The normalized spacial score (nSPS) is 11.6. The Morgan fingerprint density at radius 3 is 2.25 bits per heavy atom. The molecule has 0 radical (unpaired) electrons. The zero-order valence-corrected chi connectivity index (χ0v) is 13.6. The van der Waals surface area contributed by atoms with Gasteiger partial charge in [0.05, 0.1) is 12.7 Å². The molecule has 0 aliphatic rings. The molecule has 0 aliphatic heterocycles. The van der Waals surface area contributed by atoms with Gasteiger partial charge in [-0.3, -0.25) is 4.79 Å². The second-order valence-corrected chi connectivity index (χ2v) is 5.21. The third-order valence-corrected chi connectivity index (χ3v) is 3.62. The highest BCUT2D eigenvalue weighted by atomic mass is 16.5. The molecule has 3 N–H and O–H groups in total. The number of nitrogens with two attached hydrogens (primary N) is 1. The third-order valence-electron chi connectivity index (χ3n) is 3.62. The van der Waals surface area contributed by atoms with Gasteiger partial charge in [-0.25, -0.2) is 9.59 Å². The molecular weight excluding hydrogens is 312 g/mol. The standard InChI is InChI=1S/C17H18N2O5/c1-9-12(16(21)23-3)10(2)19-13(9)17(22)24-14(15(18)20)11-7-5-4-6-8-11/h4-8,14,19H,1-3H3,(H2,18,20). The number of amides is 1. The van der Waals surface area contributed by atoms with Gasteiger partial charge in [0.1, 0.15) is 5.69 Å². The Bertz CT molecular complexity index is 780. The number of carbonyl (C=O) groups is 3. The number of nitrogens with one attached hydrogen (secondary N) is 1. The van der Waals surface area contributed by atoms with Crippen molar-refractivity contribution in [2.75, 3.05) is 7.11 Å². The molecule has 2 aromatic rings. The Labute approximate surface area is 138 Å². The van der Waals surface area contributed by atoms with Gasteiger partial charge in [0, 0.05) is 11.3 Å². The van der Waals surface area contributed by atoms with Crippen molar-refractivity contribution in [3.05, 3.63) is 58.4 Å². The number of aromatic nitrogens is 1. The van der Waals surface area contributed by atoms with Crippen molar-refractivity contribution < 1.29 is 23.9 Å². The van der Waals surface area contributed by atoms with Crippen LogP contribution in [0, 0.1) is 13.8 Å². The summed E-state index contributed by atoms with van der Waals surface area (Å²) in [5.41, 5.74) is 7.01. The number of methoxy groups -OCH3 is 1. The molecule has 1 heterocycles. The van der Waals surface area contributed by atoms with Crippen molar-refractivity contribution in [2.24, 2.45) is 5.73 Å². The first-order chi connectivity index (χ1) is 11.4. The van der Waals surface area contributed by atoms with E-state index in [9.17, 15) is 14.4 Å². The lowest BCUT2D eigenvalue weighted by Gasteiger charge is -2.14. The van der Waals surface area contributed by atoms with E-state index in [4.69, 9.17) is 15.2 Å². The Morgan fingerprint density at radius 1 is 1.08 bits per heavy atom. The second kappa shape index (κ2) is 6.99. The Hall–Kier alpha value is -3.09. The number of aromatic amines is 1. The predicted molar refractivity (Wildman–Crippen MR) is 85.4 cm³/mol. The average Bonchev–Trinajstić information content (AvgIpc) is 2.87. The fourth-order valence-corrected chi connectivity index (χ4v) is 2.45. The second-order valence-electron chi connectivity index (χ2n) is 5.21. The van der Waals surface area contributed by atoms with E-state index in [1.807, 2.05) is 0 Å². The highest BCUT2D eigenvalue weighted by Gasteiger charge is 2.28. The number of esters is 2. The highest BCUT2D eigenvalue weighted by molar-refractivity contribution is 5.99. The smallest absolute Gasteiger partial charge is 0.356 e. The number of rotatable bonds is 5. The lowest BCUT2D eigenvalue weighted by atomic mass is 10.1. The molecule has 1 atom stereocenters. The number of aryl methyl sites for hydroxylation is 1. The average molecular weight is 330 g/mol. The Balaban J connectivity index is 2.32. The minimum Gasteiger partial charge on any atom is -0.465 e. The lowest BCUT2D eigenvalue weighted by Crippen LogP contribution is -2.26. The number of ether oxygens (including phenoxy) is 2.